The van der Waals surface area contributed by atoms with E-state index in [-0.39, 0.29) is 9.62 Å². The minimum absolute atomic E-state index is 0.0461. The summed E-state index contributed by atoms with van der Waals surface area (Å²) in [5.74, 6) is 1.06. The molecule has 0 bridgehead atoms. The van der Waals surface area contributed by atoms with E-state index in [1.165, 1.54) is 0 Å². The van der Waals surface area contributed by atoms with Crippen molar-refractivity contribution >= 4 is 30.6 Å². The number of rotatable bonds is 0. The average molecular weight is 175 g/mol. The summed E-state index contributed by atoms with van der Waals surface area (Å²) in [5, 5.41) is 0. The Morgan fingerprint density at radius 2 is 2.10 bits per heavy atom. The molecule has 1 atom stereocenters. The van der Waals surface area contributed by atoms with Crippen LogP contribution < -0.4 is 0 Å². The highest BCUT2D eigenvalue weighted by molar-refractivity contribution is 8.12. The van der Waals surface area contributed by atoms with E-state index in [9.17, 15) is 0 Å². The highest BCUT2D eigenvalue weighted by Crippen LogP contribution is 2.35. The maximum absolute atomic E-state index is 4.41. The number of hydrogen-bond acceptors (Lipinski definition) is 3. The van der Waals surface area contributed by atoms with E-state index >= 15 is 0 Å². The van der Waals surface area contributed by atoms with E-state index in [1.54, 1.807) is 0 Å². The molecule has 0 aromatic carbocycles. The summed E-state index contributed by atoms with van der Waals surface area (Å²) >= 11 is 6.25. The SMILES string of the molecule is CC1(C)CSC(C)(S)C=N1. The van der Waals surface area contributed by atoms with E-state index in [2.05, 4.69) is 38.4 Å². The van der Waals surface area contributed by atoms with Crippen molar-refractivity contribution in [2.24, 2.45) is 4.99 Å². The van der Waals surface area contributed by atoms with Gasteiger partial charge in [0.05, 0.1) is 9.62 Å². The summed E-state index contributed by atoms with van der Waals surface area (Å²) in [5.41, 5.74) is 0.118. The van der Waals surface area contributed by atoms with Crippen molar-refractivity contribution in [1.82, 2.24) is 0 Å². The van der Waals surface area contributed by atoms with Gasteiger partial charge in [0.25, 0.3) is 0 Å². The lowest BCUT2D eigenvalue weighted by molar-refractivity contribution is 0.590. The molecule has 0 N–H and O–H groups in total. The zero-order valence-corrected chi connectivity index (χ0v) is 8.30. The first-order valence-electron chi connectivity index (χ1n) is 3.34. The fourth-order valence-electron chi connectivity index (χ4n) is 0.692. The molecule has 10 heavy (non-hydrogen) atoms. The van der Waals surface area contributed by atoms with E-state index < -0.39 is 0 Å². The Kier molecular flexibility index (Phi) is 2.07. The van der Waals surface area contributed by atoms with Crippen LogP contribution in [-0.4, -0.2) is 21.6 Å². The van der Waals surface area contributed by atoms with Crippen LogP contribution in [0, 0.1) is 0 Å². The topological polar surface area (TPSA) is 12.4 Å². The van der Waals surface area contributed by atoms with Gasteiger partial charge in [-0.25, -0.2) is 0 Å². The summed E-state index contributed by atoms with van der Waals surface area (Å²) in [6.45, 7) is 6.35. The van der Waals surface area contributed by atoms with E-state index in [4.69, 9.17) is 0 Å². The van der Waals surface area contributed by atoms with Crippen LogP contribution in [0.25, 0.3) is 0 Å². The molecule has 0 radical (unpaired) electrons. The van der Waals surface area contributed by atoms with Crippen LogP contribution in [-0.2, 0) is 0 Å². The molecule has 0 aromatic rings. The standard InChI is InChI=1S/C7H13NS2/c1-6(2)5-10-7(3,9)4-8-6/h4,9H,5H2,1-3H3. The molecule has 1 nitrogen and oxygen atoms in total. The Morgan fingerprint density at radius 1 is 1.50 bits per heavy atom. The summed E-state index contributed by atoms with van der Waals surface area (Å²) in [7, 11) is 0. The normalized spacial score (nSPS) is 38.0. The maximum Gasteiger partial charge on any atom is 0.0901 e. The van der Waals surface area contributed by atoms with Gasteiger partial charge in [-0.15, -0.1) is 11.8 Å². The molecule has 1 aliphatic heterocycles. The first-order chi connectivity index (χ1) is 4.41. The van der Waals surface area contributed by atoms with Gasteiger partial charge >= 0.3 is 0 Å². The number of aliphatic imine (C=N–C) groups is 1. The third-order valence-corrected chi connectivity index (χ3v) is 3.41. The van der Waals surface area contributed by atoms with Crippen molar-refractivity contribution in [1.29, 1.82) is 0 Å². The van der Waals surface area contributed by atoms with Gasteiger partial charge in [-0.05, 0) is 20.8 Å². The second-order valence-electron chi connectivity index (χ2n) is 3.41. The van der Waals surface area contributed by atoms with Gasteiger partial charge in [-0.2, -0.15) is 12.6 Å². The molecule has 0 spiro atoms. The third kappa shape index (κ3) is 2.20. The smallest absolute Gasteiger partial charge is 0.0901 e. The highest BCUT2D eigenvalue weighted by atomic mass is 32.2. The summed E-state index contributed by atoms with van der Waals surface area (Å²) < 4.78 is -0.0461. The Balaban J connectivity index is 2.70. The van der Waals surface area contributed by atoms with Crippen molar-refractivity contribution in [3.8, 4) is 0 Å². The highest BCUT2D eigenvalue weighted by Gasteiger charge is 2.28. The molecule has 0 aromatic heterocycles. The predicted octanol–water partition coefficient (Wildman–Crippen LogP) is 2.23. The number of thioether (sulfide) groups is 1. The van der Waals surface area contributed by atoms with E-state index in [0.717, 1.165) is 5.75 Å². The Labute approximate surface area is 72.1 Å². The Hall–Kier alpha value is 0.370. The molecule has 0 saturated heterocycles. The maximum atomic E-state index is 4.41. The molecule has 58 valence electrons. The molecule has 0 saturated carbocycles. The van der Waals surface area contributed by atoms with Crippen LogP contribution in [0.4, 0.5) is 0 Å². The van der Waals surface area contributed by atoms with Crippen LogP contribution in [0.1, 0.15) is 20.8 Å². The van der Waals surface area contributed by atoms with Crippen molar-refractivity contribution in [2.45, 2.75) is 30.4 Å². The molecule has 1 heterocycles. The number of hydrogen-bond donors (Lipinski definition) is 1. The molecule has 0 amide bonds. The summed E-state index contributed by atoms with van der Waals surface area (Å²) in [6.07, 6.45) is 1.93. The quantitative estimate of drug-likeness (QED) is 0.557. The largest absolute Gasteiger partial charge is 0.288 e. The van der Waals surface area contributed by atoms with Gasteiger partial charge in [0.15, 0.2) is 0 Å². The minimum atomic E-state index is -0.0461. The summed E-state index contributed by atoms with van der Waals surface area (Å²) in [6, 6.07) is 0. The third-order valence-electron chi connectivity index (χ3n) is 1.37. The van der Waals surface area contributed by atoms with Crippen LogP contribution in [0.2, 0.25) is 0 Å². The Bertz CT molecular complexity index is 143. The van der Waals surface area contributed by atoms with Crippen LogP contribution >= 0.6 is 24.4 Å². The predicted molar refractivity (Wildman–Crippen MR) is 52.4 cm³/mol. The first-order valence-corrected chi connectivity index (χ1v) is 4.77. The van der Waals surface area contributed by atoms with Gasteiger partial charge in [0, 0.05) is 12.0 Å². The van der Waals surface area contributed by atoms with E-state index in [0.29, 0.717) is 0 Å². The molecule has 1 aliphatic rings. The average Bonchev–Trinajstić information content (AvgIpc) is 1.79. The molecule has 0 aliphatic carbocycles. The lowest BCUT2D eigenvalue weighted by atomic mass is 10.1. The van der Waals surface area contributed by atoms with Crippen molar-refractivity contribution in [3.05, 3.63) is 0 Å². The van der Waals surface area contributed by atoms with Gasteiger partial charge in [0.2, 0.25) is 0 Å². The lowest BCUT2D eigenvalue weighted by Gasteiger charge is -2.30. The molecular weight excluding hydrogens is 162 g/mol. The Morgan fingerprint density at radius 3 is 2.40 bits per heavy atom. The number of thiol groups is 1. The first kappa shape index (κ1) is 8.47. The van der Waals surface area contributed by atoms with Crippen LogP contribution in [0.3, 0.4) is 0 Å². The van der Waals surface area contributed by atoms with Crippen molar-refractivity contribution in [3.63, 3.8) is 0 Å². The fourth-order valence-corrected chi connectivity index (χ4v) is 1.79. The second kappa shape index (κ2) is 2.45. The van der Waals surface area contributed by atoms with Gasteiger partial charge in [-0.1, -0.05) is 0 Å². The van der Waals surface area contributed by atoms with E-state index in [1.807, 2.05) is 18.0 Å². The minimum Gasteiger partial charge on any atom is -0.288 e. The molecule has 3 heteroatoms. The van der Waals surface area contributed by atoms with Gasteiger partial charge in [0.1, 0.15) is 0 Å². The molecule has 0 fully saturated rings. The van der Waals surface area contributed by atoms with Gasteiger partial charge in [-0.3, -0.25) is 4.99 Å². The van der Waals surface area contributed by atoms with Crippen molar-refractivity contribution < 1.29 is 0 Å². The summed E-state index contributed by atoms with van der Waals surface area (Å²) in [4.78, 5) is 4.39. The zero-order valence-electron chi connectivity index (χ0n) is 6.59. The van der Waals surface area contributed by atoms with Gasteiger partial charge < -0.3 is 0 Å². The van der Waals surface area contributed by atoms with Crippen LogP contribution in [0.15, 0.2) is 4.99 Å². The number of nitrogens with zero attached hydrogens (tertiary/aromatic N) is 1. The fraction of sp³-hybridized carbons (Fsp3) is 0.857. The molecule has 1 unspecified atom stereocenters. The molecule has 1 rings (SSSR count). The lowest BCUT2D eigenvalue weighted by Crippen LogP contribution is -2.31. The zero-order chi connectivity index (χ0) is 7.83. The van der Waals surface area contributed by atoms with Crippen molar-refractivity contribution in [2.75, 3.05) is 5.75 Å². The molecular formula is C7H13NS2. The monoisotopic (exact) mass is 175 g/mol. The second-order valence-corrected chi connectivity index (χ2v) is 6.07. The van der Waals surface area contributed by atoms with Crippen LogP contribution in [0.5, 0.6) is 0 Å².